The van der Waals surface area contributed by atoms with E-state index >= 15 is 0 Å². The molecule has 0 unspecified atom stereocenters. The number of hydrogen-bond acceptors (Lipinski definition) is 4. The van der Waals surface area contributed by atoms with Crippen LogP contribution in [0.3, 0.4) is 0 Å². The maximum Gasteiger partial charge on any atom is 0.334 e. The van der Waals surface area contributed by atoms with Gasteiger partial charge in [0.05, 0.1) is 5.57 Å². The van der Waals surface area contributed by atoms with Crippen molar-refractivity contribution in [2.45, 2.75) is 39.5 Å². The first-order valence-electron chi connectivity index (χ1n) is 5.08. The summed E-state index contributed by atoms with van der Waals surface area (Å²) < 4.78 is 4.57. The normalized spacial score (nSPS) is 11.0. The van der Waals surface area contributed by atoms with Crippen LogP contribution in [0.5, 0.6) is 0 Å². The van der Waals surface area contributed by atoms with Gasteiger partial charge in [0.2, 0.25) is 0 Å². The number of hydrogen-bond donors (Lipinski definition) is 1. The molecule has 0 aromatic carbocycles. The third-order valence-electron chi connectivity index (χ3n) is 1.80. The number of ketones is 1. The number of carboxylic acid groups (broad SMARTS) is 1. The van der Waals surface area contributed by atoms with E-state index in [2.05, 4.69) is 4.74 Å². The predicted octanol–water partition coefficient (Wildman–Crippen LogP) is 1.67. The van der Waals surface area contributed by atoms with Crippen LogP contribution >= 0.6 is 0 Å². The molecule has 0 aliphatic rings. The zero-order valence-corrected chi connectivity index (χ0v) is 9.49. The average molecular weight is 228 g/mol. The fourth-order valence-corrected chi connectivity index (χ4v) is 0.965. The Kier molecular flexibility index (Phi) is 6.83. The molecule has 5 nitrogen and oxygen atoms in total. The Hall–Kier alpha value is -1.65. The largest absolute Gasteiger partial charge is 0.478 e. The summed E-state index contributed by atoms with van der Waals surface area (Å²) in [5.41, 5.74) is 0.0405. The Labute approximate surface area is 94.1 Å². The molecule has 0 bridgehead atoms. The second kappa shape index (κ2) is 7.62. The molecule has 0 atom stereocenters. The van der Waals surface area contributed by atoms with E-state index in [1.807, 2.05) is 6.92 Å². The number of aliphatic carboxylic acids is 1. The molecule has 0 heterocycles. The van der Waals surface area contributed by atoms with Crippen molar-refractivity contribution in [3.63, 3.8) is 0 Å². The molecule has 0 spiro atoms. The van der Waals surface area contributed by atoms with Crippen LogP contribution in [0.15, 0.2) is 11.8 Å². The number of Topliss-reactive ketones (excluding diaryl/α,β-unsaturated/α-hetero) is 1. The highest BCUT2D eigenvalue weighted by Crippen LogP contribution is 2.08. The van der Waals surface area contributed by atoms with Gasteiger partial charge in [0.25, 0.3) is 0 Å². The zero-order chi connectivity index (χ0) is 12.6. The van der Waals surface area contributed by atoms with E-state index in [9.17, 15) is 14.4 Å². The van der Waals surface area contributed by atoms with Crippen LogP contribution in [0.25, 0.3) is 0 Å². The Morgan fingerprint density at radius 3 is 2.38 bits per heavy atom. The molecule has 90 valence electrons. The zero-order valence-electron chi connectivity index (χ0n) is 9.49. The highest BCUT2D eigenvalue weighted by Gasteiger charge is 2.10. The van der Waals surface area contributed by atoms with Gasteiger partial charge in [0, 0.05) is 0 Å². The number of esters is 1. The van der Waals surface area contributed by atoms with Gasteiger partial charge in [-0.05, 0) is 19.8 Å². The van der Waals surface area contributed by atoms with Gasteiger partial charge in [0.1, 0.15) is 18.5 Å². The van der Waals surface area contributed by atoms with E-state index in [0.717, 1.165) is 12.7 Å². The molecular formula is C11H16O5. The quantitative estimate of drug-likeness (QED) is 0.310. The molecule has 0 amide bonds. The smallest absolute Gasteiger partial charge is 0.334 e. The van der Waals surface area contributed by atoms with Crippen molar-refractivity contribution in [3.8, 4) is 0 Å². The number of rotatable bonds is 7. The van der Waals surface area contributed by atoms with Crippen LogP contribution in [0.1, 0.15) is 39.5 Å². The van der Waals surface area contributed by atoms with Gasteiger partial charge in [-0.2, -0.15) is 0 Å². The van der Waals surface area contributed by atoms with E-state index in [-0.39, 0.29) is 17.8 Å². The van der Waals surface area contributed by atoms with Crippen molar-refractivity contribution in [1.29, 1.82) is 0 Å². The van der Waals surface area contributed by atoms with Crippen LogP contribution in [-0.2, 0) is 19.1 Å². The van der Waals surface area contributed by atoms with E-state index < -0.39 is 11.9 Å². The molecule has 0 aromatic rings. The van der Waals surface area contributed by atoms with Crippen LogP contribution in [0.4, 0.5) is 0 Å². The maximum atomic E-state index is 11.0. The number of unbranched alkanes of at least 4 members (excludes halogenated alkanes) is 1. The van der Waals surface area contributed by atoms with E-state index in [0.29, 0.717) is 12.8 Å². The minimum Gasteiger partial charge on any atom is -0.478 e. The number of carbonyl (C=O) groups is 3. The van der Waals surface area contributed by atoms with Crippen LogP contribution in [-0.4, -0.2) is 22.8 Å². The third kappa shape index (κ3) is 6.75. The summed E-state index contributed by atoms with van der Waals surface area (Å²) in [4.78, 5) is 32.3. The van der Waals surface area contributed by atoms with Gasteiger partial charge in [-0.25, -0.2) is 4.79 Å². The van der Waals surface area contributed by atoms with Gasteiger partial charge < -0.3 is 9.84 Å². The Morgan fingerprint density at radius 1 is 1.31 bits per heavy atom. The Balaban J connectivity index is 4.27. The second-order valence-corrected chi connectivity index (χ2v) is 3.42. The van der Waals surface area contributed by atoms with Crippen molar-refractivity contribution in [1.82, 2.24) is 0 Å². The van der Waals surface area contributed by atoms with Crippen molar-refractivity contribution in [2.24, 2.45) is 0 Å². The molecule has 0 saturated heterocycles. The monoisotopic (exact) mass is 228 g/mol. The van der Waals surface area contributed by atoms with Gasteiger partial charge in [0.15, 0.2) is 0 Å². The molecule has 0 fully saturated rings. The SMILES string of the molecule is CCCCC(=COC(=O)CC(C)=O)C(=O)O. The summed E-state index contributed by atoms with van der Waals surface area (Å²) in [5, 5.41) is 8.77. The fourth-order valence-electron chi connectivity index (χ4n) is 0.965. The Morgan fingerprint density at radius 2 is 1.94 bits per heavy atom. The van der Waals surface area contributed by atoms with Gasteiger partial charge in [-0.3, -0.25) is 9.59 Å². The molecule has 16 heavy (non-hydrogen) atoms. The van der Waals surface area contributed by atoms with Gasteiger partial charge in [-0.15, -0.1) is 0 Å². The maximum absolute atomic E-state index is 11.0. The molecule has 0 aliphatic heterocycles. The standard InChI is InChI=1S/C11H16O5/c1-3-4-5-9(11(14)15)7-16-10(13)6-8(2)12/h7H,3-6H2,1-2H3,(H,14,15). The first-order chi connectivity index (χ1) is 7.47. The summed E-state index contributed by atoms with van der Waals surface area (Å²) >= 11 is 0. The average Bonchev–Trinajstić information content (AvgIpc) is 2.16. The minimum atomic E-state index is -1.11. The highest BCUT2D eigenvalue weighted by atomic mass is 16.5. The summed E-state index contributed by atoms with van der Waals surface area (Å²) in [7, 11) is 0. The van der Waals surface area contributed by atoms with Gasteiger partial charge in [-0.1, -0.05) is 13.3 Å². The molecule has 0 radical (unpaired) electrons. The minimum absolute atomic E-state index is 0.0405. The van der Waals surface area contributed by atoms with Crippen LogP contribution < -0.4 is 0 Å². The molecule has 0 aliphatic carbocycles. The van der Waals surface area contributed by atoms with Crippen molar-refractivity contribution >= 4 is 17.7 Å². The van der Waals surface area contributed by atoms with E-state index in [4.69, 9.17) is 5.11 Å². The topological polar surface area (TPSA) is 80.7 Å². The van der Waals surface area contributed by atoms with Crippen LogP contribution in [0, 0.1) is 0 Å². The molecule has 0 rings (SSSR count). The number of ether oxygens (including phenoxy) is 1. The number of carbonyl (C=O) groups excluding carboxylic acids is 2. The lowest BCUT2D eigenvalue weighted by Gasteiger charge is -2.01. The molecule has 5 heteroatoms. The van der Waals surface area contributed by atoms with Crippen molar-refractivity contribution in [3.05, 3.63) is 11.8 Å². The Bertz CT molecular complexity index is 303. The van der Waals surface area contributed by atoms with E-state index in [1.54, 1.807) is 0 Å². The van der Waals surface area contributed by atoms with Crippen molar-refractivity contribution < 1.29 is 24.2 Å². The van der Waals surface area contributed by atoms with Crippen molar-refractivity contribution in [2.75, 3.05) is 0 Å². The van der Waals surface area contributed by atoms with Gasteiger partial charge >= 0.3 is 11.9 Å². The second-order valence-electron chi connectivity index (χ2n) is 3.42. The first kappa shape index (κ1) is 14.3. The predicted molar refractivity (Wildman–Crippen MR) is 56.6 cm³/mol. The highest BCUT2D eigenvalue weighted by molar-refractivity contribution is 5.94. The summed E-state index contributed by atoms with van der Waals surface area (Å²) in [6, 6.07) is 0. The van der Waals surface area contributed by atoms with E-state index in [1.165, 1.54) is 6.92 Å². The molecule has 0 aromatic heterocycles. The molecule has 1 N–H and O–H groups in total. The first-order valence-corrected chi connectivity index (χ1v) is 5.08. The lowest BCUT2D eigenvalue weighted by molar-refractivity contribution is -0.140. The summed E-state index contributed by atoms with van der Waals surface area (Å²) in [5.74, 6) is -2.16. The lowest BCUT2D eigenvalue weighted by atomic mass is 10.1. The lowest BCUT2D eigenvalue weighted by Crippen LogP contribution is -2.08. The third-order valence-corrected chi connectivity index (χ3v) is 1.80. The molecule has 0 saturated carbocycles. The number of carboxylic acids is 1. The summed E-state index contributed by atoms with van der Waals surface area (Å²) in [6.45, 7) is 3.20. The summed E-state index contributed by atoms with van der Waals surface area (Å²) in [6.07, 6.45) is 2.49. The van der Waals surface area contributed by atoms with Crippen LogP contribution in [0.2, 0.25) is 0 Å². The molecular weight excluding hydrogens is 212 g/mol. The fraction of sp³-hybridized carbons (Fsp3) is 0.545.